The number of rotatable bonds is 4. The van der Waals surface area contributed by atoms with Crippen LogP contribution in [0, 0.1) is 0 Å². The topological polar surface area (TPSA) is 56.1 Å². The molecule has 2 rings (SSSR count). The van der Waals surface area contributed by atoms with Crippen LogP contribution < -0.4 is 10.1 Å². The number of nitrogens with zero attached hydrogens (tertiary/aromatic N) is 2. The summed E-state index contributed by atoms with van der Waals surface area (Å²) in [4.78, 5) is 11.8. The number of aromatic nitrogens is 2. The van der Waals surface area contributed by atoms with Crippen molar-refractivity contribution in [2.45, 2.75) is 6.42 Å². The highest BCUT2D eigenvalue weighted by molar-refractivity contribution is 5.91. The second-order valence-corrected chi connectivity index (χ2v) is 3.91. The summed E-state index contributed by atoms with van der Waals surface area (Å²) in [5, 5.41) is 6.82. The van der Waals surface area contributed by atoms with E-state index in [2.05, 4.69) is 10.4 Å². The standard InChI is InChI=1S/C13H15N3O2/c1-16-8-7-12(15-16)14-13(17)9-10-5-3-4-6-11(10)18-2/h3-8H,9H2,1-2H3,(H,14,15,17). The summed E-state index contributed by atoms with van der Waals surface area (Å²) in [7, 11) is 3.39. The molecule has 0 spiro atoms. The molecule has 0 atom stereocenters. The van der Waals surface area contributed by atoms with E-state index in [0.29, 0.717) is 11.6 Å². The number of hydrogen-bond donors (Lipinski definition) is 1. The first kappa shape index (κ1) is 12.2. The molecule has 18 heavy (non-hydrogen) atoms. The zero-order chi connectivity index (χ0) is 13.0. The molecule has 1 aromatic carbocycles. The quantitative estimate of drug-likeness (QED) is 0.890. The molecular weight excluding hydrogens is 230 g/mol. The largest absolute Gasteiger partial charge is 0.496 e. The van der Waals surface area contributed by atoms with E-state index >= 15 is 0 Å². The van der Waals surface area contributed by atoms with Gasteiger partial charge < -0.3 is 10.1 Å². The highest BCUT2D eigenvalue weighted by atomic mass is 16.5. The number of aryl methyl sites for hydroxylation is 1. The van der Waals surface area contributed by atoms with Crippen molar-refractivity contribution in [2.75, 3.05) is 12.4 Å². The molecule has 5 nitrogen and oxygen atoms in total. The molecule has 1 N–H and O–H groups in total. The molecule has 1 aromatic heterocycles. The Balaban J connectivity index is 2.03. The van der Waals surface area contributed by atoms with Gasteiger partial charge in [0.15, 0.2) is 5.82 Å². The third-order valence-corrected chi connectivity index (χ3v) is 2.52. The van der Waals surface area contributed by atoms with Gasteiger partial charge in [-0.2, -0.15) is 5.10 Å². The van der Waals surface area contributed by atoms with Crippen molar-refractivity contribution in [1.29, 1.82) is 0 Å². The summed E-state index contributed by atoms with van der Waals surface area (Å²) in [6.45, 7) is 0. The minimum atomic E-state index is -0.113. The molecule has 0 unspecified atom stereocenters. The van der Waals surface area contributed by atoms with Crippen LogP contribution in [0.4, 0.5) is 5.82 Å². The van der Waals surface area contributed by atoms with Gasteiger partial charge in [-0.05, 0) is 6.07 Å². The molecule has 0 aliphatic rings. The number of carbonyl (C=O) groups excluding carboxylic acids is 1. The van der Waals surface area contributed by atoms with Gasteiger partial charge in [0, 0.05) is 24.9 Å². The van der Waals surface area contributed by atoms with Crippen molar-refractivity contribution in [1.82, 2.24) is 9.78 Å². The van der Waals surface area contributed by atoms with E-state index in [0.717, 1.165) is 5.56 Å². The van der Waals surface area contributed by atoms with Crippen LogP contribution in [0.5, 0.6) is 5.75 Å². The minimum absolute atomic E-state index is 0.113. The fourth-order valence-corrected chi connectivity index (χ4v) is 1.69. The highest BCUT2D eigenvalue weighted by Crippen LogP contribution is 2.18. The van der Waals surface area contributed by atoms with Crippen LogP contribution >= 0.6 is 0 Å². The van der Waals surface area contributed by atoms with Crippen LogP contribution in [-0.4, -0.2) is 22.8 Å². The predicted molar refractivity (Wildman–Crippen MR) is 68.5 cm³/mol. The van der Waals surface area contributed by atoms with Gasteiger partial charge in [0.25, 0.3) is 0 Å². The number of anilines is 1. The van der Waals surface area contributed by atoms with E-state index < -0.39 is 0 Å². The second kappa shape index (κ2) is 5.35. The van der Waals surface area contributed by atoms with Crippen LogP contribution in [0.15, 0.2) is 36.5 Å². The van der Waals surface area contributed by atoms with Crippen LogP contribution in [0.1, 0.15) is 5.56 Å². The molecule has 94 valence electrons. The third kappa shape index (κ3) is 2.88. The second-order valence-electron chi connectivity index (χ2n) is 3.91. The predicted octanol–water partition coefficient (Wildman–Crippen LogP) is 1.61. The number of ether oxygens (including phenoxy) is 1. The van der Waals surface area contributed by atoms with Gasteiger partial charge in [0.05, 0.1) is 13.5 Å². The van der Waals surface area contributed by atoms with Crippen molar-refractivity contribution < 1.29 is 9.53 Å². The SMILES string of the molecule is COc1ccccc1CC(=O)Nc1ccn(C)n1. The number of nitrogens with one attached hydrogen (secondary N) is 1. The average molecular weight is 245 g/mol. The molecule has 0 aliphatic heterocycles. The molecule has 0 radical (unpaired) electrons. The fourth-order valence-electron chi connectivity index (χ4n) is 1.69. The lowest BCUT2D eigenvalue weighted by Gasteiger charge is -2.07. The van der Waals surface area contributed by atoms with Gasteiger partial charge in [0.2, 0.25) is 5.91 Å². The zero-order valence-electron chi connectivity index (χ0n) is 10.4. The summed E-state index contributed by atoms with van der Waals surface area (Å²) in [5.41, 5.74) is 0.855. The maximum absolute atomic E-state index is 11.8. The first-order valence-electron chi connectivity index (χ1n) is 5.60. The Morgan fingerprint density at radius 3 is 2.83 bits per heavy atom. The zero-order valence-corrected chi connectivity index (χ0v) is 10.4. The van der Waals surface area contributed by atoms with E-state index in [1.807, 2.05) is 24.3 Å². The Hall–Kier alpha value is -2.30. The first-order chi connectivity index (χ1) is 8.69. The van der Waals surface area contributed by atoms with Crippen LogP contribution in [-0.2, 0) is 18.3 Å². The van der Waals surface area contributed by atoms with E-state index in [1.165, 1.54) is 0 Å². The number of hydrogen-bond acceptors (Lipinski definition) is 3. The summed E-state index contributed by atoms with van der Waals surface area (Å²) in [5.74, 6) is 1.16. The lowest BCUT2D eigenvalue weighted by molar-refractivity contribution is -0.115. The van der Waals surface area contributed by atoms with E-state index in [4.69, 9.17) is 4.74 Å². The summed E-state index contributed by atoms with van der Waals surface area (Å²) >= 11 is 0. The molecule has 0 saturated carbocycles. The van der Waals surface area contributed by atoms with Crippen LogP contribution in [0.25, 0.3) is 0 Å². The number of benzene rings is 1. The maximum atomic E-state index is 11.8. The van der Waals surface area contributed by atoms with E-state index in [9.17, 15) is 4.79 Å². The summed E-state index contributed by atoms with van der Waals surface area (Å²) < 4.78 is 6.84. The number of carbonyl (C=O) groups is 1. The van der Waals surface area contributed by atoms with Gasteiger partial charge in [0.1, 0.15) is 5.75 Å². The lowest BCUT2D eigenvalue weighted by Crippen LogP contribution is -2.15. The Labute approximate surface area is 105 Å². The molecule has 1 amide bonds. The van der Waals surface area contributed by atoms with Gasteiger partial charge in [-0.15, -0.1) is 0 Å². The maximum Gasteiger partial charge on any atom is 0.230 e. The summed E-state index contributed by atoms with van der Waals surface area (Å²) in [6.07, 6.45) is 2.04. The molecule has 1 heterocycles. The molecule has 2 aromatic rings. The number of amides is 1. The van der Waals surface area contributed by atoms with Crippen LogP contribution in [0.3, 0.4) is 0 Å². The summed E-state index contributed by atoms with van der Waals surface area (Å²) in [6, 6.07) is 9.21. The molecule has 0 aliphatic carbocycles. The van der Waals surface area contributed by atoms with Crippen molar-refractivity contribution in [2.24, 2.45) is 7.05 Å². The Morgan fingerprint density at radius 1 is 1.39 bits per heavy atom. The lowest BCUT2D eigenvalue weighted by atomic mass is 10.1. The van der Waals surface area contributed by atoms with Crippen molar-refractivity contribution in [3.05, 3.63) is 42.1 Å². The Kier molecular flexibility index (Phi) is 3.62. The van der Waals surface area contributed by atoms with E-state index in [1.54, 1.807) is 31.1 Å². The monoisotopic (exact) mass is 245 g/mol. The van der Waals surface area contributed by atoms with Crippen molar-refractivity contribution >= 4 is 11.7 Å². The van der Waals surface area contributed by atoms with Gasteiger partial charge in [-0.25, -0.2) is 0 Å². The number of para-hydroxylation sites is 1. The molecular formula is C13H15N3O2. The Morgan fingerprint density at radius 2 is 2.17 bits per heavy atom. The van der Waals surface area contributed by atoms with Gasteiger partial charge in [-0.3, -0.25) is 9.48 Å². The highest BCUT2D eigenvalue weighted by Gasteiger charge is 2.09. The van der Waals surface area contributed by atoms with E-state index in [-0.39, 0.29) is 12.3 Å². The van der Waals surface area contributed by atoms with Gasteiger partial charge in [-0.1, -0.05) is 18.2 Å². The first-order valence-corrected chi connectivity index (χ1v) is 5.60. The van der Waals surface area contributed by atoms with Crippen molar-refractivity contribution in [3.63, 3.8) is 0 Å². The third-order valence-electron chi connectivity index (χ3n) is 2.52. The van der Waals surface area contributed by atoms with Gasteiger partial charge >= 0.3 is 0 Å². The fraction of sp³-hybridized carbons (Fsp3) is 0.231. The smallest absolute Gasteiger partial charge is 0.230 e. The van der Waals surface area contributed by atoms with Crippen molar-refractivity contribution in [3.8, 4) is 5.75 Å². The minimum Gasteiger partial charge on any atom is -0.496 e. The normalized spacial score (nSPS) is 10.1. The molecule has 0 bridgehead atoms. The molecule has 0 fully saturated rings. The number of methoxy groups -OCH3 is 1. The Bertz CT molecular complexity index is 549. The van der Waals surface area contributed by atoms with Crippen LogP contribution in [0.2, 0.25) is 0 Å². The molecule has 5 heteroatoms. The average Bonchev–Trinajstić information content (AvgIpc) is 2.75. The molecule has 0 saturated heterocycles.